The summed E-state index contributed by atoms with van der Waals surface area (Å²) in [7, 11) is 6.73. The molecule has 1 aliphatic rings. The first-order valence-electron chi connectivity index (χ1n) is 10.2. The number of ether oxygens (including phenoxy) is 2. The molecular formula is C24H27FN2O5. The van der Waals surface area contributed by atoms with Crippen LogP contribution in [0, 0.1) is 5.82 Å². The average molecular weight is 442 g/mol. The van der Waals surface area contributed by atoms with E-state index in [4.69, 9.17) is 9.47 Å². The fourth-order valence-electron chi connectivity index (χ4n) is 3.83. The summed E-state index contributed by atoms with van der Waals surface area (Å²) in [6, 6.07) is 9.56. The Morgan fingerprint density at radius 1 is 1.09 bits per heavy atom. The fraction of sp³-hybridized carbons (Fsp3) is 0.333. The molecule has 1 N–H and O–H groups in total. The van der Waals surface area contributed by atoms with E-state index >= 15 is 0 Å². The van der Waals surface area contributed by atoms with Crippen molar-refractivity contribution >= 4 is 17.4 Å². The van der Waals surface area contributed by atoms with Crippen molar-refractivity contribution in [3.8, 4) is 11.5 Å². The first kappa shape index (κ1) is 23.3. The van der Waals surface area contributed by atoms with Crippen molar-refractivity contribution in [2.24, 2.45) is 0 Å². The van der Waals surface area contributed by atoms with Crippen LogP contribution in [-0.2, 0) is 9.59 Å². The first-order chi connectivity index (χ1) is 15.3. The molecule has 1 saturated heterocycles. The van der Waals surface area contributed by atoms with Gasteiger partial charge in [-0.1, -0.05) is 18.2 Å². The highest BCUT2D eigenvalue weighted by Gasteiger charge is 2.46. The summed E-state index contributed by atoms with van der Waals surface area (Å²) in [5.74, 6) is -1.78. The molecule has 0 spiro atoms. The molecule has 1 atom stereocenters. The van der Waals surface area contributed by atoms with Crippen molar-refractivity contribution in [2.45, 2.75) is 12.5 Å². The number of likely N-dealkylation sites (tertiary alicyclic amines) is 1. The Kier molecular flexibility index (Phi) is 7.15. The summed E-state index contributed by atoms with van der Waals surface area (Å²) in [6.45, 7) is 0.924. The third-order valence-electron chi connectivity index (χ3n) is 5.40. The second-order valence-corrected chi connectivity index (χ2v) is 7.74. The molecule has 3 rings (SSSR count). The number of amides is 1. The minimum Gasteiger partial charge on any atom is -0.507 e. The van der Waals surface area contributed by atoms with Gasteiger partial charge >= 0.3 is 0 Å². The number of rotatable bonds is 8. The van der Waals surface area contributed by atoms with E-state index in [0.29, 0.717) is 24.5 Å². The van der Waals surface area contributed by atoms with Crippen LogP contribution in [0.3, 0.4) is 0 Å². The van der Waals surface area contributed by atoms with Gasteiger partial charge in [-0.05, 0) is 51.3 Å². The highest BCUT2D eigenvalue weighted by Crippen LogP contribution is 2.41. The number of aliphatic hydroxyl groups is 1. The largest absolute Gasteiger partial charge is 0.507 e. The van der Waals surface area contributed by atoms with Crippen LogP contribution in [0.15, 0.2) is 48.0 Å². The third-order valence-corrected chi connectivity index (χ3v) is 5.40. The molecule has 0 aromatic heterocycles. The van der Waals surface area contributed by atoms with Gasteiger partial charge in [0.1, 0.15) is 11.6 Å². The van der Waals surface area contributed by atoms with Crippen molar-refractivity contribution in [3.05, 3.63) is 65.0 Å². The summed E-state index contributed by atoms with van der Waals surface area (Å²) in [5, 5.41) is 11.1. The van der Waals surface area contributed by atoms with Crippen molar-refractivity contribution < 1.29 is 28.6 Å². The van der Waals surface area contributed by atoms with Gasteiger partial charge in [0.25, 0.3) is 11.7 Å². The summed E-state index contributed by atoms with van der Waals surface area (Å²) in [4.78, 5) is 29.2. The molecule has 2 aromatic rings. The van der Waals surface area contributed by atoms with Crippen LogP contribution >= 0.6 is 0 Å². The van der Waals surface area contributed by atoms with Crippen molar-refractivity contribution in [1.82, 2.24) is 9.80 Å². The Morgan fingerprint density at radius 3 is 2.41 bits per heavy atom. The number of nitrogens with zero attached hydrogens (tertiary/aromatic N) is 2. The fourth-order valence-corrected chi connectivity index (χ4v) is 3.83. The predicted molar refractivity (Wildman–Crippen MR) is 118 cm³/mol. The van der Waals surface area contributed by atoms with Gasteiger partial charge in [0.15, 0.2) is 11.5 Å². The Labute approximate surface area is 186 Å². The van der Waals surface area contributed by atoms with Gasteiger partial charge in [0, 0.05) is 17.7 Å². The number of carbonyl (C=O) groups excluding carboxylic acids is 2. The Balaban J connectivity index is 2.14. The lowest BCUT2D eigenvalue weighted by atomic mass is 9.94. The van der Waals surface area contributed by atoms with E-state index in [0.717, 1.165) is 0 Å². The van der Waals surface area contributed by atoms with Crippen molar-refractivity contribution in [2.75, 3.05) is 41.4 Å². The van der Waals surface area contributed by atoms with Gasteiger partial charge < -0.3 is 24.4 Å². The van der Waals surface area contributed by atoms with Crippen LogP contribution in [0.5, 0.6) is 11.5 Å². The zero-order valence-electron chi connectivity index (χ0n) is 18.6. The van der Waals surface area contributed by atoms with E-state index in [1.165, 1.54) is 43.4 Å². The van der Waals surface area contributed by atoms with Crippen LogP contribution < -0.4 is 9.47 Å². The summed E-state index contributed by atoms with van der Waals surface area (Å²) in [6.07, 6.45) is 0.585. The molecular weight excluding hydrogens is 415 g/mol. The lowest BCUT2D eigenvalue weighted by Crippen LogP contribution is -2.32. The standard InChI is InChI=1S/C24H27FN2O5/c1-26(2)12-7-13-27-21(16-8-5-6-9-17(16)25)20(23(29)24(27)30)22(28)15-10-11-18(31-3)19(14-15)32-4/h5-6,8-11,14,21,28H,7,12-13H2,1-4H3/t21-/m0/s1. The number of hydrogen-bond donors (Lipinski definition) is 1. The van der Waals surface area contributed by atoms with Crippen LogP contribution in [-0.4, -0.2) is 68.0 Å². The Hall–Kier alpha value is -3.39. The summed E-state index contributed by atoms with van der Waals surface area (Å²) < 4.78 is 25.3. The second kappa shape index (κ2) is 9.82. The summed E-state index contributed by atoms with van der Waals surface area (Å²) in [5.41, 5.74) is 0.256. The van der Waals surface area contributed by atoms with Crippen LogP contribution in [0.2, 0.25) is 0 Å². The highest BCUT2D eigenvalue weighted by molar-refractivity contribution is 6.46. The molecule has 0 bridgehead atoms. The third kappa shape index (κ3) is 4.45. The predicted octanol–water partition coefficient (Wildman–Crippen LogP) is 3.22. The number of methoxy groups -OCH3 is 2. The molecule has 2 aromatic carbocycles. The lowest BCUT2D eigenvalue weighted by Gasteiger charge is -2.26. The molecule has 8 heteroatoms. The quantitative estimate of drug-likeness (QED) is 0.384. The highest BCUT2D eigenvalue weighted by atomic mass is 19.1. The van der Waals surface area contributed by atoms with Gasteiger partial charge in [-0.15, -0.1) is 0 Å². The number of Topliss-reactive ketones (excluding diaryl/α,β-unsaturated/α-hetero) is 1. The van der Waals surface area contributed by atoms with Gasteiger partial charge in [0.05, 0.1) is 25.8 Å². The van der Waals surface area contributed by atoms with Crippen LogP contribution in [0.4, 0.5) is 4.39 Å². The molecule has 1 amide bonds. The number of ketones is 1. The zero-order valence-corrected chi connectivity index (χ0v) is 18.6. The van der Waals surface area contributed by atoms with E-state index in [1.54, 1.807) is 18.2 Å². The van der Waals surface area contributed by atoms with E-state index in [-0.39, 0.29) is 23.2 Å². The van der Waals surface area contributed by atoms with Crippen LogP contribution in [0.1, 0.15) is 23.6 Å². The van der Waals surface area contributed by atoms with E-state index in [1.807, 2.05) is 19.0 Å². The SMILES string of the molecule is COc1ccc(C(O)=C2C(=O)C(=O)N(CCCN(C)C)[C@H]2c2ccccc2F)cc1OC. The molecule has 1 aliphatic heterocycles. The van der Waals surface area contributed by atoms with Gasteiger partial charge in [-0.3, -0.25) is 9.59 Å². The van der Waals surface area contributed by atoms with Gasteiger partial charge in [-0.25, -0.2) is 4.39 Å². The molecule has 1 fully saturated rings. The minimum absolute atomic E-state index is 0.151. The van der Waals surface area contributed by atoms with Gasteiger partial charge in [-0.2, -0.15) is 0 Å². The minimum atomic E-state index is -1.04. The van der Waals surface area contributed by atoms with E-state index in [9.17, 15) is 19.1 Å². The normalized spacial score (nSPS) is 17.8. The Morgan fingerprint density at radius 2 is 1.78 bits per heavy atom. The number of carbonyl (C=O) groups is 2. The Bertz CT molecular complexity index is 1050. The topological polar surface area (TPSA) is 79.3 Å². The lowest BCUT2D eigenvalue weighted by molar-refractivity contribution is -0.140. The monoisotopic (exact) mass is 442 g/mol. The maximum absolute atomic E-state index is 14.8. The molecule has 0 radical (unpaired) electrons. The van der Waals surface area contributed by atoms with Gasteiger partial charge in [0.2, 0.25) is 0 Å². The van der Waals surface area contributed by atoms with E-state index < -0.39 is 29.3 Å². The van der Waals surface area contributed by atoms with Crippen LogP contribution in [0.25, 0.3) is 5.76 Å². The maximum Gasteiger partial charge on any atom is 0.295 e. The molecule has 32 heavy (non-hydrogen) atoms. The molecule has 0 aliphatic carbocycles. The first-order valence-corrected chi connectivity index (χ1v) is 10.2. The molecule has 170 valence electrons. The number of aliphatic hydroxyl groups excluding tert-OH is 1. The molecule has 0 unspecified atom stereocenters. The number of hydrogen-bond acceptors (Lipinski definition) is 6. The zero-order chi connectivity index (χ0) is 23.4. The number of benzene rings is 2. The van der Waals surface area contributed by atoms with Crippen molar-refractivity contribution in [1.29, 1.82) is 0 Å². The molecule has 1 heterocycles. The smallest absolute Gasteiger partial charge is 0.295 e. The maximum atomic E-state index is 14.8. The van der Waals surface area contributed by atoms with E-state index in [2.05, 4.69) is 0 Å². The molecule has 0 saturated carbocycles. The number of halogens is 1. The average Bonchev–Trinajstić information content (AvgIpc) is 3.03. The summed E-state index contributed by atoms with van der Waals surface area (Å²) >= 11 is 0. The second-order valence-electron chi connectivity index (χ2n) is 7.74. The van der Waals surface area contributed by atoms with Crippen molar-refractivity contribution in [3.63, 3.8) is 0 Å². The molecule has 7 nitrogen and oxygen atoms in total.